The third kappa shape index (κ3) is 4.74. The van der Waals surface area contributed by atoms with Gasteiger partial charge in [0.15, 0.2) is 9.84 Å². The Balaban J connectivity index is 1.65. The molecule has 0 heterocycles. The topological polar surface area (TPSA) is 142 Å². The maximum absolute atomic E-state index is 12.7. The Morgan fingerprint density at radius 1 is 1.03 bits per heavy atom. The summed E-state index contributed by atoms with van der Waals surface area (Å²) in [5.74, 6) is -0.607. The molecule has 1 aliphatic carbocycles. The van der Waals surface area contributed by atoms with Crippen molar-refractivity contribution in [3.63, 3.8) is 0 Å². The van der Waals surface area contributed by atoms with E-state index in [0.717, 1.165) is 16.7 Å². The number of primary amides is 1. The molecule has 3 aromatic rings. The first-order chi connectivity index (χ1) is 17.1. The van der Waals surface area contributed by atoms with E-state index in [9.17, 15) is 18.0 Å². The van der Waals surface area contributed by atoms with Crippen LogP contribution in [-0.4, -0.2) is 39.1 Å². The average molecular weight is 506 g/mol. The van der Waals surface area contributed by atoms with E-state index >= 15 is 0 Å². The summed E-state index contributed by atoms with van der Waals surface area (Å²) in [6.45, 7) is 1.87. The second-order valence-electron chi connectivity index (χ2n) is 8.76. The van der Waals surface area contributed by atoms with Crippen LogP contribution in [-0.2, 0) is 24.8 Å². The van der Waals surface area contributed by atoms with E-state index in [1.807, 2.05) is 18.2 Å². The molecule has 3 aromatic carbocycles. The van der Waals surface area contributed by atoms with Gasteiger partial charge in [-0.15, -0.1) is 0 Å². The minimum absolute atomic E-state index is 0.0227. The summed E-state index contributed by atoms with van der Waals surface area (Å²) in [5.41, 5.74) is 14.4. The zero-order valence-corrected chi connectivity index (χ0v) is 20.8. The maximum Gasteiger partial charge on any atom is 0.435 e. The molecule has 4 rings (SSSR count). The van der Waals surface area contributed by atoms with Gasteiger partial charge in [-0.1, -0.05) is 60.7 Å². The van der Waals surface area contributed by atoms with Gasteiger partial charge in [0.25, 0.3) is 0 Å². The molecule has 4 N–H and O–H groups in total. The number of nitrogens with two attached hydrogens (primary N) is 2. The number of nitrogens with zero attached hydrogens (tertiary/aromatic N) is 1. The van der Waals surface area contributed by atoms with E-state index in [-0.39, 0.29) is 23.3 Å². The van der Waals surface area contributed by atoms with Gasteiger partial charge in [-0.25, -0.2) is 13.2 Å². The van der Waals surface area contributed by atoms with Crippen LogP contribution in [0.25, 0.3) is 11.1 Å². The standard InChI is InChI=1S/C27H27N3O5S/c1-3-35-26(32)30-24(28)19-8-6-7-18(15-19)22-16-27(22,25(29)31)20-13-11-17(12-14-20)21-9-4-5-10-23(21)36(2,33)34/h4-15,22H,3,16H2,1-2H3,(H2,29,31)(H2,28,30,32). The molecule has 2 amide bonds. The van der Waals surface area contributed by atoms with E-state index in [1.54, 1.807) is 61.5 Å². The maximum atomic E-state index is 12.7. The van der Waals surface area contributed by atoms with Crippen molar-refractivity contribution < 1.29 is 22.7 Å². The summed E-state index contributed by atoms with van der Waals surface area (Å²) in [7, 11) is -3.41. The quantitative estimate of drug-likeness (QED) is 0.372. The van der Waals surface area contributed by atoms with Crippen LogP contribution in [0.1, 0.15) is 36.0 Å². The molecule has 8 nitrogen and oxygen atoms in total. The lowest BCUT2D eigenvalue weighted by Crippen LogP contribution is -2.30. The van der Waals surface area contributed by atoms with Gasteiger partial charge >= 0.3 is 6.09 Å². The molecular formula is C27H27N3O5S. The first-order valence-electron chi connectivity index (χ1n) is 11.4. The fraction of sp³-hybridized carbons (Fsp3) is 0.222. The normalized spacial score (nSPS) is 19.5. The van der Waals surface area contributed by atoms with Crippen molar-refractivity contribution in [2.45, 2.75) is 29.6 Å². The summed E-state index contributed by atoms with van der Waals surface area (Å²) >= 11 is 0. The van der Waals surface area contributed by atoms with E-state index < -0.39 is 27.3 Å². The Hall–Kier alpha value is -3.98. The monoisotopic (exact) mass is 505 g/mol. The van der Waals surface area contributed by atoms with Crippen molar-refractivity contribution in [2.24, 2.45) is 16.5 Å². The van der Waals surface area contributed by atoms with Crippen LogP contribution >= 0.6 is 0 Å². The van der Waals surface area contributed by atoms with Gasteiger partial charge in [-0.2, -0.15) is 4.99 Å². The van der Waals surface area contributed by atoms with Gasteiger partial charge in [0.1, 0.15) is 5.84 Å². The molecule has 1 fully saturated rings. The molecule has 0 spiro atoms. The third-order valence-electron chi connectivity index (χ3n) is 6.46. The Morgan fingerprint density at radius 2 is 1.72 bits per heavy atom. The van der Waals surface area contributed by atoms with Crippen LogP contribution in [0.3, 0.4) is 0 Å². The fourth-order valence-corrected chi connectivity index (χ4v) is 5.52. The number of carbonyl (C=O) groups excluding carboxylic acids is 2. The molecule has 9 heteroatoms. The van der Waals surface area contributed by atoms with Crippen LogP contribution in [0.2, 0.25) is 0 Å². The number of amidine groups is 1. The van der Waals surface area contributed by atoms with E-state index in [0.29, 0.717) is 17.5 Å². The molecule has 36 heavy (non-hydrogen) atoms. The van der Waals surface area contributed by atoms with Crippen molar-refractivity contribution in [1.29, 1.82) is 0 Å². The zero-order valence-electron chi connectivity index (χ0n) is 20.0. The lowest BCUT2D eigenvalue weighted by molar-refractivity contribution is -0.120. The van der Waals surface area contributed by atoms with E-state index in [2.05, 4.69) is 4.99 Å². The number of ether oxygens (including phenoxy) is 1. The Bertz CT molecular complexity index is 1460. The molecule has 0 saturated heterocycles. The smallest absolute Gasteiger partial charge is 0.435 e. The number of rotatable bonds is 7. The number of hydrogen-bond donors (Lipinski definition) is 2. The number of hydrogen-bond acceptors (Lipinski definition) is 5. The first kappa shape index (κ1) is 25.1. The summed E-state index contributed by atoms with van der Waals surface area (Å²) < 4.78 is 29.2. The van der Waals surface area contributed by atoms with Gasteiger partial charge < -0.3 is 16.2 Å². The van der Waals surface area contributed by atoms with E-state index in [4.69, 9.17) is 16.2 Å². The second-order valence-corrected chi connectivity index (χ2v) is 10.7. The van der Waals surface area contributed by atoms with Gasteiger partial charge in [0, 0.05) is 23.3 Å². The number of sulfone groups is 1. The Labute approximate surface area is 209 Å². The predicted molar refractivity (Wildman–Crippen MR) is 137 cm³/mol. The van der Waals surface area contributed by atoms with Crippen LogP contribution in [0, 0.1) is 0 Å². The highest BCUT2D eigenvalue weighted by Crippen LogP contribution is 2.60. The molecule has 0 aromatic heterocycles. The van der Waals surface area contributed by atoms with Crippen LogP contribution < -0.4 is 11.5 Å². The molecule has 0 aliphatic heterocycles. The zero-order chi connectivity index (χ0) is 26.1. The van der Waals surface area contributed by atoms with Gasteiger partial charge in [-0.05, 0) is 42.2 Å². The summed E-state index contributed by atoms with van der Waals surface area (Å²) in [4.78, 5) is 28.3. The summed E-state index contributed by atoms with van der Waals surface area (Å²) in [5, 5.41) is 0. The third-order valence-corrected chi connectivity index (χ3v) is 7.62. The average Bonchev–Trinajstić information content (AvgIpc) is 3.61. The summed E-state index contributed by atoms with van der Waals surface area (Å²) in [6.07, 6.45) is 0.922. The van der Waals surface area contributed by atoms with Crippen LogP contribution in [0.4, 0.5) is 4.79 Å². The van der Waals surface area contributed by atoms with Crippen molar-refractivity contribution in [3.05, 3.63) is 89.5 Å². The SMILES string of the molecule is CCOC(=O)N=C(N)c1cccc(C2CC2(C(N)=O)c2ccc(-c3ccccc3S(C)(=O)=O)cc2)c1. The van der Waals surface area contributed by atoms with Gasteiger partial charge in [-0.3, -0.25) is 4.79 Å². The number of aliphatic imine (C=N–C) groups is 1. The Kier molecular flexibility index (Phi) is 6.69. The molecular weight excluding hydrogens is 478 g/mol. The lowest BCUT2D eigenvalue weighted by atomic mass is 9.88. The first-order valence-corrected chi connectivity index (χ1v) is 13.3. The molecule has 186 valence electrons. The summed E-state index contributed by atoms with van der Waals surface area (Å²) in [6, 6.07) is 21.2. The Morgan fingerprint density at radius 3 is 2.36 bits per heavy atom. The molecule has 1 aliphatic rings. The molecule has 0 radical (unpaired) electrons. The van der Waals surface area contributed by atoms with Gasteiger partial charge in [0.05, 0.1) is 16.9 Å². The van der Waals surface area contributed by atoms with E-state index in [1.165, 1.54) is 6.26 Å². The highest BCUT2D eigenvalue weighted by molar-refractivity contribution is 7.90. The van der Waals surface area contributed by atoms with Crippen LogP contribution in [0.15, 0.2) is 82.7 Å². The second kappa shape index (κ2) is 9.58. The lowest BCUT2D eigenvalue weighted by Gasteiger charge is -2.16. The molecule has 2 atom stereocenters. The number of amides is 2. The van der Waals surface area contributed by atoms with Crippen molar-refractivity contribution >= 4 is 27.7 Å². The highest BCUT2D eigenvalue weighted by Gasteiger charge is 2.60. The number of carbonyl (C=O) groups is 2. The largest absolute Gasteiger partial charge is 0.448 e. The minimum Gasteiger partial charge on any atom is -0.448 e. The molecule has 2 unspecified atom stereocenters. The van der Waals surface area contributed by atoms with Gasteiger partial charge in [0.2, 0.25) is 5.91 Å². The van der Waals surface area contributed by atoms with Crippen molar-refractivity contribution in [2.75, 3.05) is 12.9 Å². The predicted octanol–water partition coefficient (Wildman–Crippen LogP) is 3.53. The fourth-order valence-electron chi connectivity index (χ4n) is 4.61. The van der Waals surface area contributed by atoms with Crippen molar-refractivity contribution in [1.82, 2.24) is 0 Å². The molecule has 0 bridgehead atoms. The number of benzene rings is 3. The van der Waals surface area contributed by atoms with Crippen LogP contribution in [0.5, 0.6) is 0 Å². The van der Waals surface area contributed by atoms with Crippen molar-refractivity contribution in [3.8, 4) is 11.1 Å². The highest BCUT2D eigenvalue weighted by atomic mass is 32.2. The molecule has 1 saturated carbocycles. The minimum atomic E-state index is -3.41.